The highest BCUT2D eigenvalue weighted by atomic mass is 32.2. The molecule has 2 aromatic rings. The zero-order valence-electron chi connectivity index (χ0n) is 20.4. The summed E-state index contributed by atoms with van der Waals surface area (Å²) in [6, 6.07) is 4.90. The van der Waals surface area contributed by atoms with E-state index in [0.717, 1.165) is 18.4 Å². The van der Waals surface area contributed by atoms with E-state index in [2.05, 4.69) is 5.32 Å². The minimum absolute atomic E-state index is 0.0433. The van der Waals surface area contributed by atoms with Crippen LogP contribution in [0.4, 0.5) is 32.0 Å². The average molecular weight is 581 g/mol. The number of aliphatic hydroxyl groups is 1. The Morgan fingerprint density at radius 1 is 1.05 bits per heavy atom. The molecular weight excluding hydrogens is 558 g/mol. The highest BCUT2D eigenvalue weighted by Gasteiger charge is 2.71. The molecule has 2 amide bonds. The van der Waals surface area contributed by atoms with E-state index in [9.17, 15) is 49.5 Å². The van der Waals surface area contributed by atoms with Gasteiger partial charge in [-0.25, -0.2) is 8.42 Å². The summed E-state index contributed by atoms with van der Waals surface area (Å²) in [5, 5.41) is 11.9. The predicted molar refractivity (Wildman–Crippen MR) is 123 cm³/mol. The maximum atomic E-state index is 13.3. The third kappa shape index (κ3) is 4.87. The third-order valence-corrected chi connectivity index (χ3v) is 7.95. The molecule has 0 aliphatic carbocycles. The Kier molecular flexibility index (Phi) is 6.80. The van der Waals surface area contributed by atoms with Crippen molar-refractivity contribution < 1.29 is 54.2 Å². The van der Waals surface area contributed by atoms with E-state index in [1.807, 2.05) is 0 Å². The molecule has 2 heterocycles. The Balaban J connectivity index is 1.66. The highest BCUT2D eigenvalue weighted by Crippen LogP contribution is 2.50. The number of sulfone groups is 1. The quantitative estimate of drug-likeness (QED) is 0.523. The number of alkyl halides is 6. The van der Waals surface area contributed by atoms with E-state index in [0.29, 0.717) is 30.7 Å². The molecule has 8 nitrogen and oxygen atoms in total. The summed E-state index contributed by atoms with van der Waals surface area (Å²) < 4.78 is 108. The van der Waals surface area contributed by atoms with Gasteiger partial charge in [-0.3, -0.25) is 9.59 Å². The van der Waals surface area contributed by atoms with E-state index >= 15 is 0 Å². The fourth-order valence-corrected chi connectivity index (χ4v) is 5.18. The maximum absolute atomic E-state index is 13.3. The summed E-state index contributed by atoms with van der Waals surface area (Å²) in [5.74, 6) is -1.41. The molecule has 2 aliphatic rings. The molecule has 4 rings (SSSR count). The average Bonchev–Trinajstić information content (AvgIpc) is 3.19. The predicted octanol–water partition coefficient (Wildman–Crippen LogP) is 3.60. The summed E-state index contributed by atoms with van der Waals surface area (Å²) in [6.07, 6.45) is -10.8. The Morgan fingerprint density at radius 2 is 1.62 bits per heavy atom. The van der Waals surface area contributed by atoms with Gasteiger partial charge in [0.15, 0.2) is 9.84 Å². The Bertz CT molecular complexity index is 1400. The molecular formula is C24H22F6N2O6S. The molecule has 0 saturated carbocycles. The van der Waals surface area contributed by atoms with Gasteiger partial charge in [-0.2, -0.15) is 26.3 Å². The lowest BCUT2D eigenvalue weighted by molar-refractivity contribution is -0.376. The van der Waals surface area contributed by atoms with Crippen LogP contribution in [0, 0.1) is 0 Å². The van der Waals surface area contributed by atoms with Gasteiger partial charge in [0.25, 0.3) is 17.4 Å². The van der Waals surface area contributed by atoms with Gasteiger partial charge in [0, 0.05) is 30.5 Å². The smallest absolute Gasteiger partial charge is 0.369 e. The highest BCUT2D eigenvalue weighted by molar-refractivity contribution is 7.90. The molecule has 2 atom stereocenters. The largest absolute Gasteiger partial charge is 0.430 e. The zero-order valence-corrected chi connectivity index (χ0v) is 21.2. The molecule has 2 aliphatic heterocycles. The van der Waals surface area contributed by atoms with Crippen LogP contribution in [-0.4, -0.2) is 61.1 Å². The first kappa shape index (κ1) is 28.8. The van der Waals surface area contributed by atoms with Gasteiger partial charge in [0.2, 0.25) is 0 Å². The Morgan fingerprint density at radius 3 is 2.08 bits per heavy atom. The summed E-state index contributed by atoms with van der Waals surface area (Å²) in [5.41, 5.74) is -7.42. The molecule has 2 N–H and O–H groups in total. The van der Waals surface area contributed by atoms with Crippen molar-refractivity contribution in [1.29, 1.82) is 0 Å². The number of hydrogen-bond donors (Lipinski definition) is 2. The van der Waals surface area contributed by atoms with Gasteiger partial charge < -0.3 is 20.1 Å². The number of ether oxygens (including phenoxy) is 1. The van der Waals surface area contributed by atoms with Crippen molar-refractivity contribution in [3.8, 4) is 0 Å². The van der Waals surface area contributed by atoms with E-state index in [1.165, 1.54) is 30.0 Å². The molecule has 2 aromatic carbocycles. The summed E-state index contributed by atoms with van der Waals surface area (Å²) in [6.45, 7) is 1.70. The van der Waals surface area contributed by atoms with Crippen molar-refractivity contribution in [2.45, 2.75) is 54.4 Å². The number of fused-ring (bicyclic) bond motifs is 1. The molecule has 15 heteroatoms. The first-order valence-electron chi connectivity index (χ1n) is 11.3. The number of amides is 2. The number of anilines is 1. The molecule has 0 radical (unpaired) electrons. The van der Waals surface area contributed by atoms with Crippen LogP contribution >= 0.6 is 0 Å². The first-order valence-corrected chi connectivity index (χ1v) is 13.2. The van der Waals surface area contributed by atoms with E-state index < -0.39 is 56.8 Å². The summed E-state index contributed by atoms with van der Waals surface area (Å²) >= 11 is 0. The van der Waals surface area contributed by atoms with E-state index in [1.54, 1.807) is 0 Å². The third-order valence-electron chi connectivity index (χ3n) is 6.84. The number of halogens is 6. The normalized spacial score (nSPS) is 21.8. The monoisotopic (exact) mass is 580 g/mol. The second-order valence-corrected chi connectivity index (χ2v) is 11.6. The Labute approximate surface area is 218 Å². The van der Waals surface area contributed by atoms with Crippen molar-refractivity contribution in [2.75, 3.05) is 18.2 Å². The van der Waals surface area contributed by atoms with Gasteiger partial charge in [0.1, 0.15) is 11.6 Å². The van der Waals surface area contributed by atoms with Crippen molar-refractivity contribution in [1.82, 2.24) is 4.90 Å². The molecule has 0 unspecified atom stereocenters. The van der Waals surface area contributed by atoms with E-state index in [-0.39, 0.29) is 22.7 Å². The van der Waals surface area contributed by atoms with Crippen LogP contribution in [0.25, 0.3) is 0 Å². The standard InChI is InChI=1S/C24H22F6N2O6S/c1-21(9-10-38-21)20(34)32-12-13-11-16(39(2,36)37)7-8-17(13)18(32)19(33)31-15-5-3-14(4-6-15)22(35,23(25,26)27)24(28,29)30/h3-8,11,18,35H,9-10,12H2,1-2H3,(H,31,33)/t18-,21-/m1/s1. The SMILES string of the molecule is C[C@]1(C(=O)N2Cc3cc(S(C)(=O)=O)ccc3[C@@H]2C(=O)Nc2ccc(C(O)(C(F)(F)F)C(F)(F)F)cc2)CCO1. The van der Waals surface area contributed by atoms with Crippen LogP contribution in [0.5, 0.6) is 0 Å². The van der Waals surface area contributed by atoms with Gasteiger partial charge >= 0.3 is 12.4 Å². The molecule has 1 saturated heterocycles. The van der Waals surface area contributed by atoms with Gasteiger partial charge in [-0.1, -0.05) is 18.2 Å². The first-order chi connectivity index (χ1) is 17.8. The van der Waals surface area contributed by atoms with Crippen LogP contribution in [-0.2, 0) is 36.3 Å². The molecule has 1 fully saturated rings. The van der Waals surface area contributed by atoms with Crippen LogP contribution in [0.1, 0.15) is 36.1 Å². The van der Waals surface area contributed by atoms with Crippen molar-refractivity contribution in [3.05, 3.63) is 59.2 Å². The van der Waals surface area contributed by atoms with Gasteiger partial charge in [0.05, 0.1) is 11.5 Å². The summed E-state index contributed by atoms with van der Waals surface area (Å²) in [7, 11) is -3.62. The van der Waals surface area contributed by atoms with Gasteiger partial charge in [-0.15, -0.1) is 0 Å². The number of benzene rings is 2. The number of rotatable bonds is 5. The van der Waals surface area contributed by atoms with Crippen molar-refractivity contribution in [3.63, 3.8) is 0 Å². The van der Waals surface area contributed by atoms with Crippen molar-refractivity contribution in [2.24, 2.45) is 0 Å². The number of carbonyl (C=O) groups excluding carboxylic acids is 2. The summed E-state index contributed by atoms with van der Waals surface area (Å²) in [4.78, 5) is 27.7. The molecule has 0 aromatic heterocycles. The van der Waals surface area contributed by atoms with Gasteiger partial charge in [-0.05, 0) is 42.3 Å². The molecule has 0 spiro atoms. The fraction of sp³-hybridized carbons (Fsp3) is 0.417. The topological polar surface area (TPSA) is 113 Å². The minimum atomic E-state index is -6.07. The van der Waals surface area contributed by atoms with Crippen LogP contribution in [0.15, 0.2) is 47.4 Å². The van der Waals surface area contributed by atoms with Crippen LogP contribution in [0.2, 0.25) is 0 Å². The van der Waals surface area contributed by atoms with Crippen LogP contribution < -0.4 is 5.32 Å². The lowest BCUT2D eigenvalue weighted by Gasteiger charge is -2.41. The Hall–Kier alpha value is -3.17. The molecule has 39 heavy (non-hydrogen) atoms. The minimum Gasteiger partial charge on any atom is -0.369 e. The second kappa shape index (κ2) is 9.20. The lowest BCUT2D eigenvalue weighted by Crippen LogP contribution is -2.55. The fourth-order valence-electron chi connectivity index (χ4n) is 4.51. The lowest BCUT2D eigenvalue weighted by atomic mass is 9.92. The maximum Gasteiger partial charge on any atom is 0.430 e. The number of carbonyl (C=O) groups is 2. The second-order valence-electron chi connectivity index (χ2n) is 9.57. The van der Waals surface area contributed by atoms with Crippen molar-refractivity contribution >= 4 is 27.3 Å². The molecule has 0 bridgehead atoms. The number of nitrogens with zero attached hydrogens (tertiary/aromatic N) is 1. The van der Waals surface area contributed by atoms with Crippen LogP contribution in [0.3, 0.4) is 0 Å². The number of nitrogens with one attached hydrogen (secondary N) is 1. The zero-order chi connectivity index (χ0) is 29.2. The number of hydrogen-bond acceptors (Lipinski definition) is 6. The van der Waals surface area contributed by atoms with E-state index in [4.69, 9.17) is 4.74 Å². The molecule has 212 valence electrons.